The van der Waals surface area contributed by atoms with Crippen LogP contribution in [-0.4, -0.2) is 51.1 Å². The highest BCUT2D eigenvalue weighted by Crippen LogP contribution is 2.49. The summed E-state index contributed by atoms with van der Waals surface area (Å²) in [5.74, 6) is -2.66. The predicted molar refractivity (Wildman–Crippen MR) is 105 cm³/mol. The van der Waals surface area contributed by atoms with Crippen LogP contribution in [0.25, 0.3) is 0 Å². The first-order chi connectivity index (χ1) is 14.5. The summed E-state index contributed by atoms with van der Waals surface area (Å²) < 4.78 is 58.9. The highest BCUT2D eigenvalue weighted by molar-refractivity contribution is 7.92. The van der Waals surface area contributed by atoms with Gasteiger partial charge in [-0.3, -0.25) is 9.69 Å². The zero-order chi connectivity index (χ0) is 22.6. The van der Waals surface area contributed by atoms with Gasteiger partial charge in [-0.25, -0.2) is 22.0 Å². The second-order valence-electron chi connectivity index (χ2n) is 8.12. The summed E-state index contributed by atoms with van der Waals surface area (Å²) >= 11 is 0. The Morgan fingerprint density at radius 3 is 2.39 bits per heavy atom. The molecule has 1 fully saturated rings. The molecule has 2 amide bonds. The van der Waals surface area contributed by atoms with Crippen molar-refractivity contribution in [1.29, 1.82) is 5.26 Å². The summed E-state index contributed by atoms with van der Waals surface area (Å²) in [6.45, 7) is 1.37. The molecule has 31 heavy (non-hydrogen) atoms. The van der Waals surface area contributed by atoms with Gasteiger partial charge in [0, 0.05) is 12.5 Å². The Bertz CT molecular complexity index is 1120. The Hall–Kier alpha value is -3.00. The number of rotatable bonds is 4. The number of carbonyl (C=O) groups excluding carboxylic acids is 2. The van der Waals surface area contributed by atoms with Crippen LogP contribution in [0.4, 0.5) is 19.3 Å². The van der Waals surface area contributed by atoms with E-state index in [4.69, 9.17) is 4.74 Å². The number of nitriles is 1. The summed E-state index contributed by atoms with van der Waals surface area (Å²) in [7, 11) is -3.26. The third kappa shape index (κ3) is 3.76. The van der Waals surface area contributed by atoms with Gasteiger partial charge < -0.3 is 10.1 Å². The van der Waals surface area contributed by atoms with Crippen LogP contribution in [0.3, 0.4) is 0 Å². The highest BCUT2D eigenvalue weighted by Gasteiger charge is 2.48. The Labute approximate surface area is 177 Å². The molecule has 0 spiro atoms. The van der Waals surface area contributed by atoms with E-state index >= 15 is 8.78 Å². The number of hydrogen-bond acceptors (Lipinski definition) is 6. The van der Waals surface area contributed by atoms with Gasteiger partial charge in [0.2, 0.25) is 5.91 Å². The number of carbonyl (C=O) groups is 2. The molecule has 0 aromatic heterocycles. The Morgan fingerprint density at radius 1 is 1.29 bits per heavy atom. The molecule has 8 nitrogen and oxygen atoms in total. The molecule has 1 aromatic rings. The topological polar surface area (TPSA) is 117 Å². The number of ether oxygens (including phenoxy) is 1. The second kappa shape index (κ2) is 7.30. The average molecular weight is 451 g/mol. The highest BCUT2D eigenvalue weighted by atomic mass is 32.2. The number of nitrogens with one attached hydrogen (secondary N) is 1. The number of amides is 2. The maximum Gasteiger partial charge on any atom is 0.414 e. The zero-order valence-corrected chi connectivity index (χ0v) is 17.4. The fourth-order valence-electron chi connectivity index (χ4n) is 4.51. The Balaban J connectivity index is 1.59. The standard InChI is InChI=1S/C20H19F2N3O5S/c1-11(26)24-6-15-7-25(19(27)30-15)14-2-16(21)18(17(22)3-14)20(10-23)4-12-8-31(28,29)9-13(12)5-20/h2-3,15H,4-9H2,1H3,(H,24,26)/t15-/m0/s1. The molecule has 164 valence electrons. The van der Waals surface area contributed by atoms with Crippen LogP contribution in [0.5, 0.6) is 0 Å². The first-order valence-corrected chi connectivity index (χ1v) is 11.4. The summed E-state index contributed by atoms with van der Waals surface area (Å²) in [6, 6.07) is 3.95. The molecule has 2 aliphatic heterocycles. The number of anilines is 1. The molecule has 0 saturated carbocycles. The smallest absolute Gasteiger partial charge is 0.414 e. The summed E-state index contributed by atoms with van der Waals surface area (Å²) in [5.41, 5.74) is -0.912. The predicted octanol–water partition coefficient (Wildman–Crippen LogP) is 1.71. The lowest BCUT2D eigenvalue weighted by molar-refractivity contribution is -0.119. The first kappa shape index (κ1) is 21.2. The second-order valence-corrected chi connectivity index (χ2v) is 10.2. The largest absolute Gasteiger partial charge is 0.442 e. The number of cyclic esters (lactones) is 1. The number of nitrogens with zero attached hydrogens (tertiary/aromatic N) is 2. The van der Waals surface area contributed by atoms with Crippen molar-refractivity contribution >= 4 is 27.5 Å². The van der Waals surface area contributed by atoms with Gasteiger partial charge in [0.1, 0.15) is 17.7 Å². The van der Waals surface area contributed by atoms with Gasteiger partial charge in [-0.2, -0.15) is 5.26 Å². The quantitative estimate of drug-likeness (QED) is 0.697. The first-order valence-electron chi connectivity index (χ1n) is 9.57. The molecule has 1 aromatic carbocycles. The van der Waals surface area contributed by atoms with Crippen LogP contribution in [0.2, 0.25) is 0 Å². The minimum atomic E-state index is -3.26. The lowest BCUT2D eigenvalue weighted by Gasteiger charge is -2.25. The van der Waals surface area contributed by atoms with Crippen molar-refractivity contribution in [3.05, 3.63) is 40.5 Å². The SMILES string of the molecule is CC(=O)NC[C@H]1CN(c2cc(F)c(C3(C#N)CC4=C(C3)CS(=O)(=O)C4)c(F)c2)C(=O)O1. The van der Waals surface area contributed by atoms with Crippen molar-refractivity contribution in [3.63, 3.8) is 0 Å². The van der Waals surface area contributed by atoms with Gasteiger partial charge in [0.15, 0.2) is 9.84 Å². The fraction of sp³-hybridized carbons (Fsp3) is 0.450. The van der Waals surface area contributed by atoms with Gasteiger partial charge >= 0.3 is 6.09 Å². The van der Waals surface area contributed by atoms with Crippen LogP contribution in [0, 0.1) is 23.0 Å². The lowest BCUT2D eigenvalue weighted by Crippen LogP contribution is -2.33. The molecule has 1 atom stereocenters. The van der Waals surface area contributed by atoms with E-state index in [0.29, 0.717) is 11.1 Å². The zero-order valence-electron chi connectivity index (χ0n) is 16.6. The molecule has 4 rings (SSSR count). The van der Waals surface area contributed by atoms with Crippen molar-refractivity contribution in [2.75, 3.05) is 29.5 Å². The molecule has 0 unspecified atom stereocenters. The molecular weight excluding hydrogens is 432 g/mol. The van der Waals surface area contributed by atoms with E-state index in [1.165, 1.54) is 6.92 Å². The van der Waals surface area contributed by atoms with Gasteiger partial charge in [-0.1, -0.05) is 11.1 Å². The van der Waals surface area contributed by atoms with E-state index < -0.39 is 44.6 Å². The molecule has 3 aliphatic rings. The number of benzene rings is 1. The third-order valence-electron chi connectivity index (χ3n) is 5.80. The van der Waals surface area contributed by atoms with E-state index in [-0.39, 0.29) is 49.0 Å². The molecule has 0 bridgehead atoms. The number of sulfone groups is 1. The fourth-order valence-corrected chi connectivity index (χ4v) is 6.29. The molecule has 1 N–H and O–H groups in total. The van der Waals surface area contributed by atoms with Crippen LogP contribution in [0.15, 0.2) is 23.3 Å². The minimum Gasteiger partial charge on any atom is -0.442 e. The molecule has 0 radical (unpaired) electrons. The maximum absolute atomic E-state index is 15.1. The van der Waals surface area contributed by atoms with Crippen LogP contribution in [-0.2, 0) is 24.8 Å². The molecular formula is C20H19F2N3O5S. The molecule has 2 heterocycles. The number of hydrogen-bond donors (Lipinski definition) is 1. The number of halogens is 2. The monoisotopic (exact) mass is 451 g/mol. The summed E-state index contributed by atoms with van der Waals surface area (Å²) in [5, 5.41) is 12.3. The molecule has 1 saturated heterocycles. The lowest BCUT2D eigenvalue weighted by atomic mass is 9.77. The third-order valence-corrected chi connectivity index (χ3v) is 7.38. The van der Waals surface area contributed by atoms with Gasteiger partial charge in [0.25, 0.3) is 0 Å². The van der Waals surface area contributed by atoms with E-state index in [9.17, 15) is 23.3 Å². The van der Waals surface area contributed by atoms with Crippen molar-refractivity contribution in [3.8, 4) is 6.07 Å². The van der Waals surface area contributed by atoms with Crippen molar-refractivity contribution < 1.29 is 31.5 Å². The minimum absolute atomic E-state index is 0.00551. The van der Waals surface area contributed by atoms with Crippen LogP contribution in [0.1, 0.15) is 25.3 Å². The molecule has 11 heteroatoms. The van der Waals surface area contributed by atoms with E-state index in [1.54, 1.807) is 0 Å². The van der Waals surface area contributed by atoms with Gasteiger partial charge in [-0.15, -0.1) is 0 Å². The van der Waals surface area contributed by atoms with Crippen LogP contribution < -0.4 is 10.2 Å². The average Bonchev–Trinajstić information content (AvgIpc) is 3.27. The van der Waals surface area contributed by atoms with E-state index in [2.05, 4.69) is 5.32 Å². The maximum atomic E-state index is 15.1. The summed E-state index contributed by atoms with van der Waals surface area (Å²) in [6.07, 6.45) is -1.56. The Morgan fingerprint density at radius 2 is 1.87 bits per heavy atom. The van der Waals surface area contributed by atoms with Crippen LogP contribution >= 0.6 is 0 Å². The van der Waals surface area contributed by atoms with Gasteiger partial charge in [-0.05, 0) is 25.0 Å². The van der Waals surface area contributed by atoms with Gasteiger partial charge in [0.05, 0.1) is 41.8 Å². The van der Waals surface area contributed by atoms with E-state index in [1.807, 2.05) is 6.07 Å². The normalized spacial score (nSPS) is 23.5. The summed E-state index contributed by atoms with van der Waals surface area (Å²) in [4.78, 5) is 24.2. The molecule has 1 aliphatic carbocycles. The van der Waals surface area contributed by atoms with Crippen molar-refractivity contribution in [1.82, 2.24) is 5.32 Å². The van der Waals surface area contributed by atoms with Crippen molar-refractivity contribution in [2.45, 2.75) is 31.3 Å². The Kier molecular flexibility index (Phi) is 5.00. The van der Waals surface area contributed by atoms with Crippen molar-refractivity contribution in [2.24, 2.45) is 0 Å². The van der Waals surface area contributed by atoms with E-state index in [0.717, 1.165) is 17.0 Å².